The summed E-state index contributed by atoms with van der Waals surface area (Å²) < 4.78 is 55.2. The maximum Gasteiger partial charge on any atom is 0.796 e. The molecule has 0 fully saturated rings. The molecule has 0 aliphatic heterocycles. The predicted molar refractivity (Wildman–Crippen MR) is 71.9 cm³/mol. The topological polar surface area (TPSA) is 29.5 Å². The fourth-order valence-corrected chi connectivity index (χ4v) is 1.72. The molecule has 0 amide bonds. The van der Waals surface area contributed by atoms with Crippen LogP contribution in [0.25, 0.3) is 5.76 Å². The van der Waals surface area contributed by atoms with Crippen LogP contribution >= 0.6 is 0 Å². The zero-order chi connectivity index (χ0) is 15.4. The normalized spacial score (nSPS) is 13.7. The van der Waals surface area contributed by atoms with E-state index in [1.165, 1.54) is 6.08 Å². The van der Waals surface area contributed by atoms with Gasteiger partial charge in [-0.25, -0.2) is 17.4 Å². The van der Waals surface area contributed by atoms with Crippen molar-refractivity contribution in [1.82, 2.24) is 0 Å². The molecule has 0 saturated heterocycles. The molecule has 0 aromatic heterocycles. The van der Waals surface area contributed by atoms with Crippen LogP contribution in [0, 0.1) is 11.6 Å². The van der Waals surface area contributed by atoms with E-state index in [0.29, 0.717) is 12.1 Å². The summed E-state index contributed by atoms with van der Waals surface area (Å²) in [5.74, 6) is -3.84. The number of hydrogen-bond donors (Lipinski definition) is 1. The maximum absolute atomic E-state index is 13.5. The molecule has 1 aliphatic carbocycles. The van der Waals surface area contributed by atoms with Crippen molar-refractivity contribution in [2.75, 3.05) is 0 Å². The summed E-state index contributed by atoms with van der Waals surface area (Å²) in [5.41, 5.74) is 0.241. The van der Waals surface area contributed by atoms with Gasteiger partial charge >= 0.3 is 7.47 Å². The largest absolute Gasteiger partial charge is 0.796 e. The third-order valence-electron chi connectivity index (χ3n) is 2.61. The average Bonchev–Trinajstić information content (AvgIpc) is 2.91. The average molecular weight is 296 g/mol. The van der Waals surface area contributed by atoms with Crippen molar-refractivity contribution in [3.8, 4) is 5.75 Å². The van der Waals surface area contributed by atoms with Crippen molar-refractivity contribution in [3.63, 3.8) is 0 Å². The molecule has 0 atom stereocenters. The first-order valence-corrected chi connectivity index (χ1v) is 5.87. The molecule has 1 N–H and O–H groups in total. The molecule has 2 nitrogen and oxygen atoms in total. The molecular formula is C14H9BF4O2. The van der Waals surface area contributed by atoms with E-state index in [0.717, 1.165) is 11.6 Å². The highest BCUT2D eigenvalue weighted by Crippen LogP contribution is 2.30. The fourth-order valence-electron chi connectivity index (χ4n) is 1.72. The molecule has 0 spiro atoms. The van der Waals surface area contributed by atoms with Gasteiger partial charge in [0.1, 0.15) is 11.6 Å². The Labute approximate surface area is 118 Å². The summed E-state index contributed by atoms with van der Waals surface area (Å²) in [7, 11) is -3.30. The van der Waals surface area contributed by atoms with Gasteiger partial charge in [-0.3, -0.25) is 0 Å². The van der Waals surface area contributed by atoms with Crippen molar-refractivity contribution in [3.05, 3.63) is 71.4 Å². The van der Waals surface area contributed by atoms with Gasteiger partial charge in [0, 0.05) is 6.07 Å². The summed E-state index contributed by atoms with van der Waals surface area (Å²) >= 11 is 0. The van der Waals surface area contributed by atoms with Crippen LogP contribution in [-0.2, 0) is 0 Å². The Bertz CT molecular complexity index is 649. The number of aliphatic hydroxyl groups is 1. The zero-order valence-corrected chi connectivity index (χ0v) is 10.6. The van der Waals surface area contributed by atoms with E-state index in [4.69, 9.17) is 0 Å². The maximum atomic E-state index is 13.5. The van der Waals surface area contributed by atoms with Crippen LogP contribution in [0.5, 0.6) is 5.75 Å². The van der Waals surface area contributed by atoms with Gasteiger partial charge in [0.15, 0.2) is 11.6 Å². The van der Waals surface area contributed by atoms with E-state index in [9.17, 15) is 22.5 Å². The highest BCUT2D eigenvalue weighted by Gasteiger charge is 2.24. The number of hydrogen-bond acceptors (Lipinski definition) is 2. The minimum absolute atomic E-state index is 0.398. The van der Waals surface area contributed by atoms with Crippen LogP contribution in [0.3, 0.4) is 0 Å². The van der Waals surface area contributed by atoms with Crippen LogP contribution in [0.4, 0.5) is 17.4 Å². The quantitative estimate of drug-likeness (QED) is 0.512. The first-order chi connectivity index (χ1) is 9.97. The number of rotatable bonds is 4. The van der Waals surface area contributed by atoms with Crippen LogP contribution < -0.4 is 4.65 Å². The molecule has 0 unspecified atom stereocenters. The second-order valence-electron chi connectivity index (χ2n) is 4.08. The Morgan fingerprint density at radius 2 is 1.81 bits per heavy atom. The summed E-state index contributed by atoms with van der Waals surface area (Å²) in [6, 6.07) is 1.11. The molecule has 0 bridgehead atoms. The molecule has 0 saturated carbocycles. The van der Waals surface area contributed by atoms with Crippen LogP contribution in [-0.4, -0.2) is 12.6 Å². The molecule has 108 valence electrons. The summed E-state index contributed by atoms with van der Waals surface area (Å²) in [6.45, 7) is 0. The lowest BCUT2D eigenvalue weighted by Gasteiger charge is -2.10. The van der Waals surface area contributed by atoms with Gasteiger partial charge in [-0.15, -0.1) is 0 Å². The fraction of sp³-hybridized carbons (Fsp3) is 0. The Balaban J connectivity index is 2.41. The third kappa shape index (κ3) is 3.78. The van der Waals surface area contributed by atoms with Crippen molar-refractivity contribution < 1.29 is 27.2 Å². The van der Waals surface area contributed by atoms with Crippen molar-refractivity contribution in [1.29, 1.82) is 0 Å². The molecule has 1 aromatic carbocycles. The van der Waals surface area contributed by atoms with E-state index in [1.807, 2.05) is 0 Å². The number of halogens is 4. The molecule has 0 heterocycles. The molecule has 2 rings (SSSR count). The van der Waals surface area contributed by atoms with Crippen LogP contribution in [0.2, 0.25) is 0 Å². The molecule has 0 radical (unpaired) electrons. The standard InChI is InChI=1S/C14H9BF4O2/c16-10-7-11(14(12(17)8-10)21-15(18)19)13(20)6-5-9-3-1-2-4-9/h1-8,20H. The third-order valence-corrected chi connectivity index (χ3v) is 2.61. The molecule has 1 aromatic rings. The Morgan fingerprint density at radius 1 is 1.14 bits per heavy atom. The highest BCUT2D eigenvalue weighted by atomic mass is 19.2. The molecule has 7 heteroatoms. The minimum atomic E-state index is -3.30. The second kappa shape index (κ2) is 6.34. The second-order valence-corrected chi connectivity index (χ2v) is 4.08. The van der Waals surface area contributed by atoms with Crippen LogP contribution in [0.15, 0.2) is 54.2 Å². The Kier molecular flexibility index (Phi) is 4.52. The van der Waals surface area contributed by atoms with E-state index in [1.54, 1.807) is 24.3 Å². The predicted octanol–water partition coefficient (Wildman–Crippen LogP) is 4.22. The van der Waals surface area contributed by atoms with Gasteiger partial charge in [0.05, 0.1) is 5.56 Å². The zero-order valence-electron chi connectivity index (χ0n) is 10.6. The lowest BCUT2D eigenvalue weighted by Crippen LogP contribution is -2.11. The first kappa shape index (κ1) is 15.0. The first-order valence-electron chi connectivity index (χ1n) is 5.87. The van der Waals surface area contributed by atoms with Gasteiger partial charge in [-0.2, -0.15) is 0 Å². The van der Waals surface area contributed by atoms with Crippen molar-refractivity contribution >= 4 is 13.2 Å². The Hall–Kier alpha value is -2.44. The van der Waals surface area contributed by atoms with E-state index in [-0.39, 0.29) is 0 Å². The number of benzene rings is 1. The van der Waals surface area contributed by atoms with Gasteiger partial charge in [0.2, 0.25) is 0 Å². The van der Waals surface area contributed by atoms with Gasteiger partial charge in [-0.1, -0.05) is 30.4 Å². The van der Waals surface area contributed by atoms with Crippen molar-refractivity contribution in [2.24, 2.45) is 0 Å². The lowest BCUT2D eigenvalue weighted by molar-refractivity contribution is 0.398. The number of aliphatic hydroxyl groups excluding tert-OH is 1. The summed E-state index contributed by atoms with van der Waals surface area (Å²) in [6.07, 6.45) is 9.57. The smallest absolute Gasteiger partial charge is 0.507 e. The van der Waals surface area contributed by atoms with Crippen LogP contribution in [0.1, 0.15) is 5.56 Å². The van der Waals surface area contributed by atoms with E-state index < -0.39 is 36.2 Å². The highest BCUT2D eigenvalue weighted by molar-refractivity contribution is 6.35. The minimum Gasteiger partial charge on any atom is -0.507 e. The van der Waals surface area contributed by atoms with E-state index >= 15 is 0 Å². The summed E-state index contributed by atoms with van der Waals surface area (Å²) in [5, 5.41) is 9.83. The van der Waals surface area contributed by atoms with Crippen molar-refractivity contribution in [2.45, 2.75) is 0 Å². The Morgan fingerprint density at radius 3 is 2.43 bits per heavy atom. The molecule has 1 aliphatic rings. The van der Waals surface area contributed by atoms with Gasteiger partial charge < -0.3 is 9.76 Å². The van der Waals surface area contributed by atoms with E-state index in [2.05, 4.69) is 4.65 Å². The molecular weight excluding hydrogens is 287 g/mol. The lowest BCUT2D eigenvalue weighted by atomic mass is 10.1. The van der Waals surface area contributed by atoms with Gasteiger partial charge in [0.25, 0.3) is 0 Å². The van der Waals surface area contributed by atoms with Gasteiger partial charge in [-0.05, 0) is 17.7 Å². The monoisotopic (exact) mass is 296 g/mol. The summed E-state index contributed by atoms with van der Waals surface area (Å²) in [4.78, 5) is 0. The SMILES string of the molecule is OC(=CC=C1C=CC=C1)c1cc(F)cc(F)c1OB(F)F. The molecule has 21 heavy (non-hydrogen) atoms. The number of allylic oxidation sites excluding steroid dienone is 7.